The third-order valence-corrected chi connectivity index (χ3v) is 2.19. The van der Waals surface area contributed by atoms with Gasteiger partial charge in [0, 0.05) is 7.11 Å². The van der Waals surface area contributed by atoms with Gasteiger partial charge in [0.25, 0.3) is 5.89 Å². The fourth-order valence-corrected chi connectivity index (χ4v) is 1.41. The highest BCUT2D eigenvalue weighted by Crippen LogP contribution is 2.35. The van der Waals surface area contributed by atoms with Crippen molar-refractivity contribution >= 4 is 0 Å². The maximum Gasteiger partial charge on any atom is 0.261 e. The third-order valence-electron chi connectivity index (χ3n) is 2.19. The van der Waals surface area contributed by atoms with Crippen molar-refractivity contribution in [3.05, 3.63) is 24.0 Å². The molecule has 0 atom stereocenters. The van der Waals surface area contributed by atoms with Crippen LogP contribution in [0.2, 0.25) is 0 Å². The second kappa shape index (κ2) is 4.84. The topological polar surface area (TPSA) is 77.6 Å². The van der Waals surface area contributed by atoms with Gasteiger partial charge in [-0.25, -0.2) is 0 Å². The maximum atomic E-state index is 9.90. The molecule has 2 aromatic rings. The summed E-state index contributed by atoms with van der Waals surface area (Å²) >= 11 is 0. The predicted octanol–water partition coefficient (Wildman–Crippen LogP) is 1.60. The second-order valence-electron chi connectivity index (χ2n) is 3.31. The van der Waals surface area contributed by atoms with Gasteiger partial charge in [-0.3, -0.25) is 0 Å². The Morgan fingerprint density at radius 1 is 1.35 bits per heavy atom. The molecular weight excluding hydrogens is 224 g/mol. The molecule has 0 saturated heterocycles. The number of hydrogen-bond donors (Lipinski definition) is 1. The van der Waals surface area contributed by atoms with Crippen molar-refractivity contribution in [2.45, 2.75) is 6.61 Å². The van der Waals surface area contributed by atoms with E-state index in [1.165, 1.54) is 7.11 Å². The monoisotopic (exact) mass is 236 g/mol. The summed E-state index contributed by atoms with van der Waals surface area (Å²) in [4.78, 5) is 4.09. The van der Waals surface area contributed by atoms with Gasteiger partial charge in [0.05, 0.1) is 12.7 Å². The molecule has 17 heavy (non-hydrogen) atoms. The van der Waals surface area contributed by atoms with E-state index < -0.39 is 0 Å². The molecule has 1 heterocycles. The van der Waals surface area contributed by atoms with E-state index in [1.54, 1.807) is 25.3 Å². The highest BCUT2D eigenvalue weighted by Gasteiger charge is 2.15. The van der Waals surface area contributed by atoms with Crippen molar-refractivity contribution in [2.75, 3.05) is 14.2 Å². The Balaban J connectivity index is 2.38. The van der Waals surface area contributed by atoms with Gasteiger partial charge >= 0.3 is 0 Å². The molecule has 0 aliphatic heterocycles. The van der Waals surface area contributed by atoms with Crippen LogP contribution in [0.4, 0.5) is 0 Å². The van der Waals surface area contributed by atoms with Crippen molar-refractivity contribution < 1.29 is 19.1 Å². The minimum absolute atomic E-state index is 0.0254. The van der Waals surface area contributed by atoms with Crippen molar-refractivity contribution in [2.24, 2.45) is 0 Å². The van der Waals surface area contributed by atoms with Crippen LogP contribution in [0.15, 0.2) is 22.7 Å². The summed E-state index contributed by atoms with van der Waals surface area (Å²) in [5.41, 5.74) is 0.430. The Kier molecular flexibility index (Phi) is 3.24. The Morgan fingerprint density at radius 2 is 2.18 bits per heavy atom. The number of phenolic OH excluding ortho intramolecular Hbond substituents is 1. The van der Waals surface area contributed by atoms with Gasteiger partial charge in [-0.15, -0.1) is 0 Å². The summed E-state index contributed by atoms with van der Waals surface area (Å²) < 4.78 is 14.9. The second-order valence-corrected chi connectivity index (χ2v) is 3.31. The number of hydrogen-bond acceptors (Lipinski definition) is 6. The first-order valence-corrected chi connectivity index (χ1v) is 4.94. The Hall–Kier alpha value is -2.08. The fraction of sp³-hybridized carbons (Fsp3) is 0.273. The van der Waals surface area contributed by atoms with Crippen LogP contribution < -0.4 is 4.74 Å². The quantitative estimate of drug-likeness (QED) is 0.868. The SMILES string of the molecule is COCc1noc(-c2cccc(OC)c2O)n1. The largest absolute Gasteiger partial charge is 0.504 e. The molecule has 0 aliphatic carbocycles. The van der Waals surface area contributed by atoms with Crippen LogP contribution in [0.3, 0.4) is 0 Å². The number of aromatic nitrogens is 2. The zero-order valence-corrected chi connectivity index (χ0v) is 9.51. The molecule has 6 heteroatoms. The van der Waals surface area contributed by atoms with Gasteiger partial charge < -0.3 is 19.1 Å². The molecule has 1 N–H and O–H groups in total. The summed E-state index contributed by atoms with van der Waals surface area (Å²) in [6.45, 7) is 0.258. The maximum absolute atomic E-state index is 9.90. The number of benzene rings is 1. The van der Waals surface area contributed by atoms with Gasteiger partial charge in [-0.2, -0.15) is 4.98 Å². The standard InChI is InChI=1S/C11H12N2O4/c1-15-6-9-12-11(17-13-9)7-4-3-5-8(16-2)10(7)14/h3-5,14H,6H2,1-2H3. The first-order chi connectivity index (χ1) is 8.26. The summed E-state index contributed by atoms with van der Waals surface area (Å²) in [6.07, 6.45) is 0. The van der Waals surface area contributed by atoms with E-state index >= 15 is 0 Å². The van der Waals surface area contributed by atoms with Crippen LogP contribution in [-0.2, 0) is 11.3 Å². The van der Waals surface area contributed by atoms with E-state index in [1.807, 2.05) is 0 Å². The number of phenols is 1. The highest BCUT2D eigenvalue weighted by molar-refractivity contribution is 5.66. The van der Waals surface area contributed by atoms with Crippen LogP contribution in [0, 0.1) is 0 Å². The van der Waals surface area contributed by atoms with Crippen LogP contribution >= 0.6 is 0 Å². The number of methoxy groups -OCH3 is 2. The lowest BCUT2D eigenvalue weighted by atomic mass is 10.2. The van der Waals surface area contributed by atoms with E-state index in [0.29, 0.717) is 17.1 Å². The molecule has 0 radical (unpaired) electrons. The summed E-state index contributed by atoms with van der Waals surface area (Å²) in [5.74, 6) is 0.981. The van der Waals surface area contributed by atoms with E-state index in [-0.39, 0.29) is 18.2 Å². The highest BCUT2D eigenvalue weighted by atomic mass is 16.5. The molecule has 0 unspecified atom stereocenters. The summed E-state index contributed by atoms with van der Waals surface area (Å²) in [7, 11) is 3.02. The number of ether oxygens (including phenoxy) is 2. The van der Waals surface area contributed by atoms with Crippen LogP contribution in [0.1, 0.15) is 5.82 Å². The molecule has 0 bridgehead atoms. The van der Waals surface area contributed by atoms with Crippen molar-refractivity contribution in [1.82, 2.24) is 10.1 Å². The molecular formula is C11H12N2O4. The van der Waals surface area contributed by atoms with Gasteiger partial charge in [0.1, 0.15) is 6.61 Å². The van der Waals surface area contributed by atoms with E-state index in [2.05, 4.69) is 10.1 Å². The molecule has 2 rings (SSSR count). The average Bonchev–Trinajstić information content (AvgIpc) is 2.78. The first-order valence-electron chi connectivity index (χ1n) is 4.94. The summed E-state index contributed by atoms with van der Waals surface area (Å²) in [6, 6.07) is 5.04. The molecule has 90 valence electrons. The zero-order chi connectivity index (χ0) is 12.3. The molecule has 1 aromatic heterocycles. The predicted molar refractivity (Wildman–Crippen MR) is 58.7 cm³/mol. The Morgan fingerprint density at radius 3 is 2.88 bits per heavy atom. The van der Waals surface area contributed by atoms with Gasteiger partial charge in [-0.05, 0) is 12.1 Å². The van der Waals surface area contributed by atoms with E-state index in [0.717, 1.165) is 0 Å². The number of nitrogens with zero attached hydrogens (tertiary/aromatic N) is 2. The molecule has 0 saturated carbocycles. The van der Waals surface area contributed by atoms with Crippen molar-refractivity contribution in [3.63, 3.8) is 0 Å². The molecule has 0 spiro atoms. The van der Waals surface area contributed by atoms with Crippen LogP contribution in [0.25, 0.3) is 11.5 Å². The minimum Gasteiger partial charge on any atom is -0.504 e. The van der Waals surface area contributed by atoms with Gasteiger partial charge in [-0.1, -0.05) is 11.2 Å². The number of para-hydroxylation sites is 1. The zero-order valence-electron chi connectivity index (χ0n) is 9.51. The molecule has 0 fully saturated rings. The smallest absolute Gasteiger partial charge is 0.261 e. The third kappa shape index (κ3) is 2.21. The lowest BCUT2D eigenvalue weighted by Gasteiger charge is -2.04. The molecule has 0 amide bonds. The Bertz CT molecular complexity index is 510. The average molecular weight is 236 g/mol. The van der Waals surface area contributed by atoms with Crippen molar-refractivity contribution in [3.8, 4) is 23.0 Å². The van der Waals surface area contributed by atoms with Crippen LogP contribution in [-0.4, -0.2) is 29.5 Å². The molecule has 6 nitrogen and oxygen atoms in total. The molecule has 0 aliphatic rings. The molecule has 1 aromatic carbocycles. The van der Waals surface area contributed by atoms with Gasteiger partial charge in [0.15, 0.2) is 17.3 Å². The number of rotatable bonds is 4. The van der Waals surface area contributed by atoms with Crippen molar-refractivity contribution in [1.29, 1.82) is 0 Å². The lowest BCUT2D eigenvalue weighted by Crippen LogP contribution is -1.90. The normalized spacial score (nSPS) is 10.5. The first kappa shape index (κ1) is 11.4. The Labute approximate surface area is 97.8 Å². The van der Waals surface area contributed by atoms with E-state index in [9.17, 15) is 5.11 Å². The van der Waals surface area contributed by atoms with Gasteiger partial charge in [0.2, 0.25) is 0 Å². The van der Waals surface area contributed by atoms with Crippen LogP contribution in [0.5, 0.6) is 11.5 Å². The number of aromatic hydroxyl groups is 1. The minimum atomic E-state index is -0.0254. The van der Waals surface area contributed by atoms with E-state index in [4.69, 9.17) is 14.0 Å². The summed E-state index contributed by atoms with van der Waals surface area (Å²) in [5, 5.41) is 13.6. The fourth-order valence-electron chi connectivity index (χ4n) is 1.41. The lowest BCUT2D eigenvalue weighted by molar-refractivity contribution is 0.174.